The highest BCUT2D eigenvalue weighted by Crippen LogP contribution is 2.42. The third-order valence-electron chi connectivity index (χ3n) is 6.28. The molecule has 1 fully saturated rings. The summed E-state index contributed by atoms with van der Waals surface area (Å²) in [5, 5.41) is 0. The van der Waals surface area contributed by atoms with Gasteiger partial charge in [0, 0.05) is 16.7 Å². The van der Waals surface area contributed by atoms with E-state index in [2.05, 4.69) is 4.98 Å². The third kappa shape index (κ3) is 3.62. The Bertz CT molecular complexity index is 1150. The maximum absolute atomic E-state index is 13.2. The highest BCUT2D eigenvalue weighted by molar-refractivity contribution is 5.99. The lowest BCUT2D eigenvalue weighted by atomic mass is 9.72. The van der Waals surface area contributed by atoms with Gasteiger partial charge in [0.05, 0.1) is 12.2 Å². The molecule has 0 atom stereocenters. The van der Waals surface area contributed by atoms with Crippen LogP contribution in [0.3, 0.4) is 0 Å². The highest BCUT2D eigenvalue weighted by Gasteiger charge is 2.34. The van der Waals surface area contributed by atoms with E-state index in [0.29, 0.717) is 5.69 Å². The van der Waals surface area contributed by atoms with Crippen molar-refractivity contribution in [2.45, 2.75) is 31.2 Å². The van der Waals surface area contributed by atoms with Crippen molar-refractivity contribution in [1.82, 2.24) is 4.98 Å². The van der Waals surface area contributed by atoms with Crippen LogP contribution >= 0.6 is 0 Å². The number of hydrogen-bond donors (Lipinski definition) is 1. The zero-order chi connectivity index (χ0) is 22.3. The molecule has 1 aliphatic heterocycles. The summed E-state index contributed by atoms with van der Waals surface area (Å²) >= 11 is 0. The Morgan fingerprint density at radius 2 is 1.78 bits per heavy atom. The molecule has 5 rings (SSSR count). The smallest absolute Gasteiger partial charge is 0.265 e. The van der Waals surface area contributed by atoms with E-state index in [0.717, 1.165) is 46.4 Å². The number of alkyl halides is 2. The van der Waals surface area contributed by atoms with Gasteiger partial charge in [-0.25, -0.2) is 13.8 Å². The lowest BCUT2D eigenvalue weighted by Gasteiger charge is -2.38. The second kappa shape index (κ2) is 7.98. The first-order chi connectivity index (χ1) is 15.4. The first kappa shape index (κ1) is 20.6. The fourth-order valence-corrected chi connectivity index (χ4v) is 4.33. The van der Waals surface area contributed by atoms with Gasteiger partial charge in [0.25, 0.3) is 12.3 Å². The van der Waals surface area contributed by atoms with Crippen LogP contribution in [0.5, 0.6) is 5.88 Å². The first-order valence-electron chi connectivity index (χ1n) is 10.7. The molecule has 7 heteroatoms. The van der Waals surface area contributed by atoms with Gasteiger partial charge in [-0.3, -0.25) is 9.69 Å². The Morgan fingerprint density at radius 1 is 1.06 bits per heavy atom. The number of benzene rings is 2. The Kier molecular flexibility index (Phi) is 5.13. The zero-order valence-corrected chi connectivity index (χ0v) is 17.4. The van der Waals surface area contributed by atoms with Crippen molar-refractivity contribution in [3.8, 4) is 28.3 Å². The molecular weight excluding hydrogens is 412 g/mol. The molecule has 0 spiro atoms. The molecule has 32 heavy (non-hydrogen) atoms. The van der Waals surface area contributed by atoms with Crippen molar-refractivity contribution in [2.24, 2.45) is 5.73 Å². The number of pyridine rings is 1. The number of nitrogens with zero attached hydrogens (tertiary/aromatic N) is 2. The van der Waals surface area contributed by atoms with E-state index >= 15 is 0 Å². The minimum Gasteiger partial charge on any atom is -0.466 e. The van der Waals surface area contributed by atoms with Gasteiger partial charge in [0.2, 0.25) is 5.88 Å². The Morgan fingerprint density at radius 3 is 2.41 bits per heavy atom. The molecule has 0 bridgehead atoms. The summed E-state index contributed by atoms with van der Waals surface area (Å²) in [7, 11) is 0. The molecule has 0 radical (unpaired) electrons. The molecule has 0 unspecified atom stereocenters. The molecule has 1 aliphatic carbocycles. The fourth-order valence-electron chi connectivity index (χ4n) is 4.33. The maximum atomic E-state index is 13.2. The minimum absolute atomic E-state index is 0.179. The molecule has 3 aromatic rings. The summed E-state index contributed by atoms with van der Waals surface area (Å²) < 4.78 is 31.9. The summed E-state index contributed by atoms with van der Waals surface area (Å²) in [6.45, 7) is -1.01. The number of ether oxygens (including phenoxy) is 1. The number of nitrogens with two attached hydrogens (primary N) is 1. The van der Waals surface area contributed by atoms with Crippen LogP contribution in [0.4, 0.5) is 14.5 Å². The number of halogens is 2. The monoisotopic (exact) mass is 435 g/mol. The molecule has 1 amide bonds. The normalized spacial score (nSPS) is 17.0. The van der Waals surface area contributed by atoms with Gasteiger partial charge in [-0.05, 0) is 36.5 Å². The van der Waals surface area contributed by atoms with Crippen LogP contribution < -0.4 is 15.4 Å². The van der Waals surface area contributed by atoms with Gasteiger partial charge in [0.1, 0.15) is 5.69 Å². The van der Waals surface area contributed by atoms with Crippen molar-refractivity contribution in [3.63, 3.8) is 0 Å². The predicted octanol–water partition coefficient (Wildman–Crippen LogP) is 4.74. The highest BCUT2D eigenvalue weighted by atomic mass is 19.3. The van der Waals surface area contributed by atoms with Crippen LogP contribution in [0, 0.1) is 0 Å². The lowest BCUT2D eigenvalue weighted by Crippen LogP contribution is -2.43. The predicted molar refractivity (Wildman–Crippen MR) is 119 cm³/mol. The second-order valence-electron chi connectivity index (χ2n) is 8.35. The SMILES string of the molecule is NC1(c2ccc(-c3nc4c(cc3-c3ccccc3)N(CC(F)F)C(=O)CO4)cc2)CCC1. The quantitative estimate of drug-likeness (QED) is 0.628. The molecule has 1 saturated carbocycles. The van der Waals surface area contributed by atoms with Crippen molar-refractivity contribution in [1.29, 1.82) is 0 Å². The van der Waals surface area contributed by atoms with Gasteiger partial charge >= 0.3 is 0 Å². The topological polar surface area (TPSA) is 68.5 Å². The van der Waals surface area contributed by atoms with E-state index in [1.807, 2.05) is 54.6 Å². The van der Waals surface area contributed by atoms with Crippen molar-refractivity contribution >= 4 is 11.6 Å². The van der Waals surface area contributed by atoms with Crippen molar-refractivity contribution in [3.05, 3.63) is 66.2 Å². The van der Waals surface area contributed by atoms with Gasteiger partial charge in [0.15, 0.2) is 6.61 Å². The van der Waals surface area contributed by atoms with E-state index in [4.69, 9.17) is 10.5 Å². The molecule has 164 valence electrons. The van der Waals surface area contributed by atoms with Crippen LogP contribution in [0.1, 0.15) is 24.8 Å². The average Bonchev–Trinajstić information content (AvgIpc) is 2.79. The van der Waals surface area contributed by atoms with E-state index in [-0.39, 0.29) is 23.7 Å². The number of carbonyl (C=O) groups is 1. The minimum atomic E-state index is -2.66. The molecule has 2 aromatic carbocycles. The second-order valence-corrected chi connectivity index (χ2v) is 8.35. The summed E-state index contributed by atoms with van der Waals surface area (Å²) in [5.74, 6) is -0.331. The molecule has 1 aromatic heterocycles. The number of hydrogen-bond acceptors (Lipinski definition) is 4. The standard InChI is InChI=1S/C25H23F2N3O2/c26-21(27)14-30-20-13-19(16-5-2-1-3-6-16)23(29-24(20)32-15-22(30)31)17-7-9-18(10-8-17)25(28)11-4-12-25/h1-3,5-10,13,21H,4,11-12,14-15,28H2. The van der Waals surface area contributed by atoms with Crippen LogP contribution in [0.2, 0.25) is 0 Å². The number of anilines is 1. The Hall–Kier alpha value is -3.32. The zero-order valence-electron chi connectivity index (χ0n) is 17.4. The average molecular weight is 435 g/mol. The van der Waals surface area contributed by atoms with Crippen molar-refractivity contribution < 1.29 is 18.3 Å². The molecular formula is C25H23F2N3O2. The largest absolute Gasteiger partial charge is 0.466 e. The Balaban J connectivity index is 1.63. The number of carbonyl (C=O) groups excluding carboxylic acids is 1. The summed E-state index contributed by atoms with van der Waals surface area (Å²) in [6, 6.07) is 19.3. The maximum Gasteiger partial charge on any atom is 0.265 e. The Labute approximate surface area is 184 Å². The number of aromatic nitrogens is 1. The molecule has 0 saturated heterocycles. The molecule has 2 N–H and O–H groups in total. The van der Waals surface area contributed by atoms with Crippen LogP contribution in [0.15, 0.2) is 60.7 Å². The number of rotatable bonds is 5. The van der Waals surface area contributed by atoms with Crippen LogP contribution in [-0.4, -0.2) is 30.5 Å². The summed E-state index contributed by atoms with van der Waals surface area (Å²) in [4.78, 5) is 18.0. The van der Waals surface area contributed by atoms with Crippen LogP contribution in [-0.2, 0) is 10.3 Å². The van der Waals surface area contributed by atoms with Gasteiger partial charge < -0.3 is 10.5 Å². The van der Waals surface area contributed by atoms with Crippen molar-refractivity contribution in [2.75, 3.05) is 18.1 Å². The number of fused-ring (bicyclic) bond motifs is 1. The molecule has 2 heterocycles. The van der Waals surface area contributed by atoms with E-state index in [9.17, 15) is 13.6 Å². The van der Waals surface area contributed by atoms with Gasteiger partial charge in [-0.2, -0.15) is 0 Å². The summed E-state index contributed by atoms with van der Waals surface area (Å²) in [6.07, 6.45) is 0.419. The molecule has 2 aliphatic rings. The van der Waals surface area contributed by atoms with E-state index in [1.165, 1.54) is 0 Å². The fraction of sp³-hybridized carbons (Fsp3) is 0.280. The molecule has 5 nitrogen and oxygen atoms in total. The van der Waals surface area contributed by atoms with Gasteiger partial charge in [-0.1, -0.05) is 54.6 Å². The van der Waals surface area contributed by atoms with Gasteiger partial charge in [-0.15, -0.1) is 0 Å². The first-order valence-corrected chi connectivity index (χ1v) is 10.7. The van der Waals surface area contributed by atoms with E-state index < -0.39 is 18.9 Å². The third-order valence-corrected chi connectivity index (χ3v) is 6.28. The van der Waals surface area contributed by atoms with E-state index in [1.54, 1.807) is 6.07 Å². The number of amides is 1. The van der Waals surface area contributed by atoms with Crippen LogP contribution in [0.25, 0.3) is 22.4 Å². The summed E-state index contributed by atoms with van der Waals surface area (Å²) in [5.41, 5.74) is 10.7. The lowest BCUT2D eigenvalue weighted by molar-refractivity contribution is -0.121.